The van der Waals surface area contributed by atoms with Gasteiger partial charge in [0, 0.05) is 17.3 Å². The number of nitro groups is 1. The van der Waals surface area contributed by atoms with Crippen LogP contribution in [0.4, 0.5) is 11.4 Å². The zero-order valence-corrected chi connectivity index (χ0v) is 18.9. The number of hydrogen-bond donors (Lipinski definition) is 1. The van der Waals surface area contributed by atoms with Crippen LogP contribution in [0, 0.1) is 24.0 Å². The number of amides is 1. The van der Waals surface area contributed by atoms with Crippen molar-refractivity contribution in [2.75, 3.05) is 11.9 Å². The van der Waals surface area contributed by atoms with Crippen LogP contribution in [0.1, 0.15) is 28.4 Å². The van der Waals surface area contributed by atoms with Crippen molar-refractivity contribution >= 4 is 40.0 Å². The molecule has 0 bridgehead atoms. The number of nitro benzene ring substituents is 1. The van der Waals surface area contributed by atoms with E-state index in [4.69, 9.17) is 20.8 Å². The van der Waals surface area contributed by atoms with Gasteiger partial charge < -0.3 is 14.5 Å². The first-order valence-corrected chi connectivity index (χ1v) is 10.5. The highest BCUT2D eigenvalue weighted by Crippen LogP contribution is 2.33. The lowest BCUT2D eigenvalue weighted by molar-refractivity contribution is -0.385. The van der Waals surface area contributed by atoms with Crippen LogP contribution in [0.15, 0.2) is 52.9 Å². The number of rotatable bonds is 6. The quantitative estimate of drug-likeness (QED) is 0.263. The predicted octanol–water partition coefficient (Wildman–Crippen LogP) is 6.32. The van der Waals surface area contributed by atoms with E-state index in [0.29, 0.717) is 33.3 Å². The van der Waals surface area contributed by atoms with Gasteiger partial charge in [0.15, 0.2) is 11.3 Å². The molecule has 0 aliphatic rings. The summed E-state index contributed by atoms with van der Waals surface area (Å²) in [4.78, 5) is 28.1. The maximum Gasteiger partial charge on any atom is 0.311 e. The molecule has 0 aliphatic carbocycles. The maximum absolute atomic E-state index is 12.8. The molecule has 3 aromatic carbocycles. The van der Waals surface area contributed by atoms with Gasteiger partial charge >= 0.3 is 5.69 Å². The fraction of sp³-hybridized carbons (Fsp3) is 0.167. The van der Waals surface area contributed by atoms with Crippen LogP contribution in [-0.2, 0) is 0 Å². The number of hydrogen-bond acceptors (Lipinski definition) is 6. The molecule has 0 spiro atoms. The Morgan fingerprint density at radius 1 is 1.15 bits per heavy atom. The molecule has 1 N–H and O–H groups in total. The summed E-state index contributed by atoms with van der Waals surface area (Å²) in [5.74, 6) is -0.0831. The fourth-order valence-corrected chi connectivity index (χ4v) is 3.54. The van der Waals surface area contributed by atoms with E-state index >= 15 is 0 Å². The number of ether oxygens (including phenoxy) is 1. The Bertz CT molecular complexity index is 1360. The molecule has 1 amide bonds. The van der Waals surface area contributed by atoms with Crippen molar-refractivity contribution in [2.24, 2.45) is 0 Å². The van der Waals surface area contributed by atoms with Crippen molar-refractivity contribution in [2.45, 2.75) is 20.8 Å². The summed E-state index contributed by atoms with van der Waals surface area (Å²) in [6.45, 7) is 5.99. The van der Waals surface area contributed by atoms with Gasteiger partial charge in [0.1, 0.15) is 5.52 Å². The largest absolute Gasteiger partial charge is 0.487 e. The summed E-state index contributed by atoms with van der Waals surface area (Å²) in [5.41, 5.74) is 4.32. The van der Waals surface area contributed by atoms with Gasteiger partial charge in [0.05, 0.1) is 22.1 Å². The summed E-state index contributed by atoms with van der Waals surface area (Å²) in [7, 11) is 0. The van der Waals surface area contributed by atoms with E-state index in [1.54, 1.807) is 25.1 Å². The molecule has 4 rings (SSSR count). The molecule has 1 aromatic heterocycles. The lowest BCUT2D eigenvalue weighted by Crippen LogP contribution is -2.12. The van der Waals surface area contributed by atoms with E-state index in [9.17, 15) is 14.9 Å². The van der Waals surface area contributed by atoms with Crippen LogP contribution in [0.25, 0.3) is 22.6 Å². The fourth-order valence-electron chi connectivity index (χ4n) is 3.34. The van der Waals surface area contributed by atoms with Crippen LogP contribution < -0.4 is 10.1 Å². The molecule has 0 saturated heterocycles. The van der Waals surface area contributed by atoms with Crippen LogP contribution in [0.2, 0.25) is 5.02 Å². The number of benzene rings is 3. The number of halogens is 1. The molecule has 1 heterocycles. The maximum atomic E-state index is 12.8. The first-order valence-electron chi connectivity index (χ1n) is 10.2. The van der Waals surface area contributed by atoms with E-state index in [1.165, 1.54) is 18.2 Å². The smallest absolute Gasteiger partial charge is 0.311 e. The summed E-state index contributed by atoms with van der Waals surface area (Å²) < 4.78 is 11.2. The van der Waals surface area contributed by atoms with Gasteiger partial charge in [0.2, 0.25) is 5.89 Å². The van der Waals surface area contributed by atoms with E-state index < -0.39 is 10.8 Å². The van der Waals surface area contributed by atoms with Gasteiger partial charge in [0.25, 0.3) is 5.91 Å². The summed E-state index contributed by atoms with van der Waals surface area (Å²) >= 11 is 6.38. The van der Waals surface area contributed by atoms with E-state index in [1.807, 2.05) is 26.0 Å². The Balaban J connectivity index is 1.64. The van der Waals surface area contributed by atoms with Crippen molar-refractivity contribution in [3.05, 3.63) is 80.4 Å². The topological polar surface area (TPSA) is 108 Å². The molecule has 0 unspecified atom stereocenters. The minimum absolute atomic E-state index is 0.106. The third kappa shape index (κ3) is 4.51. The van der Waals surface area contributed by atoms with E-state index in [-0.39, 0.29) is 23.6 Å². The molecule has 0 fully saturated rings. The molecule has 0 saturated carbocycles. The molecule has 0 radical (unpaired) electrons. The predicted molar refractivity (Wildman–Crippen MR) is 126 cm³/mol. The highest BCUT2D eigenvalue weighted by Gasteiger charge is 2.19. The first kappa shape index (κ1) is 22.3. The van der Waals surface area contributed by atoms with Crippen molar-refractivity contribution in [3.8, 4) is 17.2 Å². The van der Waals surface area contributed by atoms with Gasteiger partial charge in [-0.15, -0.1) is 0 Å². The van der Waals surface area contributed by atoms with Crippen LogP contribution >= 0.6 is 11.6 Å². The second-order valence-corrected chi connectivity index (χ2v) is 7.85. The minimum Gasteiger partial charge on any atom is -0.487 e. The zero-order valence-electron chi connectivity index (χ0n) is 18.1. The average molecular weight is 466 g/mol. The minimum atomic E-state index is -0.584. The number of aryl methyl sites for hydroxylation is 2. The number of carbonyl (C=O) groups excluding carboxylic acids is 1. The lowest BCUT2D eigenvalue weighted by Gasteiger charge is -2.09. The number of carbonyl (C=O) groups is 1. The monoisotopic (exact) mass is 465 g/mol. The lowest BCUT2D eigenvalue weighted by atomic mass is 10.1. The highest BCUT2D eigenvalue weighted by atomic mass is 35.5. The van der Waals surface area contributed by atoms with Gasteiger partial charge in [-0.2, -0.15) is 0 Å². The Labute approximate surface area is 194 Å². The van der Waals surface area contributed by atoms with Crippen molar-refractivity contribution in [1.29, 1.82) is 0 Å². The van der Waals surface area contributed by atoms with Crippen LogP contribution in [0.5, 0.6) is 5.75 Å². The molecular weight excluding hydrogens is 446 g/mol. The Morgan fingerprint density at radius 3 is 2.64 bits per heavy atom. The number of aromatic nitrogens is 1. The Kier molecular flexibility index (Phi) is 6.02. The molecule has 0 aliphatic heterocycles. The van der Waals surface area contributed by atoms with Gasteiger partial charge in [-0.3, -0.25) is 14.9 Å². The third-order valence-electron chi connectivity index (χ3n) is 5.18. The number of nitrogens with one attached hydrogen (secondary N) is 1. The molecule has 9 heteroatoms. The summed E-state index contributed by atoms with van der Waals surface area (Å²) in [6, 6.07) is 12.8. The van der Waals surface area contributed by atoms with E-state index in [0.717, 1.165) is 11.1 Å². The first-order chi connectivity index (χ1) is 15.8. The van der Waals surface area contributed by atoms with Crippen LogP contribution in [0.3, 0.4) is 0 Å². The number of anilines is 1. The SMILES string of the molecule is CCOc1ccc(C(=O)Nc2ccc(Cl)c(-c3nc4cc(C)c(C)cc4o3)c2)cc1[N+](=O)[O-]. The van der Waals surface area contributed by atoms with Crippen molar-refractivity contribution in [3.63, 3.8) is 0 Å². The Hall–Kier alpha value is -3.91. The number of nitrogens with zero attached hydrogens (tertiary/aromatic N) is 2. The van der Waals surface area contributed by atoms with Crippen LogP contribution in [-0.4, -0.2) is 22.4 Å². The number of oxazole rings is 1. The van der Waals surface area contributed by atoms with Gasteiger partial charge in [-0.25, -0.2) is 4.98 Å². The molecule has 0 atom stereocenters. The van der Waals surface area contributed by atoms with Crippen molar-refractivity contribution in [1.82, 2.24) is 4.98 Å². The summed E-state index contributed by atoms with van der Waals surface area (Å²) in [6.07, 6.45) is 0. The zero-order chi connectivity index (χ0) is 23.7. The second-order valence-electron chi connectivity index (χ2n) is 7.44. The average Bonchev–Trinajstić information content (AvgIpc) is 3.18. The molecule has 168 valence electrons. The normalized spacial score (nSPS) is 10.9. The molecule has 4 aromatic rings. The standard InChI is InChI=1S/C24H20ClN3O5/c1-4-32-21-8-5-15(11-20(21)28(30)31)23(29)26-16-6-7-18(25)17(12-16)24-27-19-9-13(2)14(3)10-22(19)33-24/h5-12H,4H2,1-3H3,(H,26,29). The van der Waals surface area contributed by atoms with E-state index in [2.05, 4.69) is 10.3 Å². The van der Waals surface area contributed by atoms with Crippen molar-refractivity contribution < 1.29 is 18.9 Å². The molecule has 33 heavy (non-hydrogen) atoms. The molecule has 8 nitrogen and oxygen atoms in total. The molecular formula is C24H20ClN3O5. The third-order valence-corrected chi connectivity index (χ3v) is 5.51. The summed E-state index contributed by atoms with van der Waals surface area (Å²) in [5, 5.41) is 14.5. The second kappa shape index (κ2) is 8.91. The Morgan fingerprint density at radius 2 is 1.91 bits per heavy atom. The number of fused-ring (bicyclic) bond motifs is 1. The van der Waals surface area contributed by atoms with Gasteiger partial charge in [-0.1, -0.05) is 11.6 Å². The highest BCUT2D eigenvalue weighted by molar-refractivity contribution is 6.33. The van der Waals surface area contributed by atoms with Gasteiger partial charge in [-0.05, 0) is 74.4 Å².